The molecule has 1 amide bonds. The number of nitrogens with zero attached hydrogens (tertiary/aromatic N) is 1. The van der Waals surface area contributed by atoms with E-state index >= 15 is 0 Å². The van der Waals surface area contributed by atoms with E-state index < -0.39 is 0 Å². The van der Waals surface area contributed by atoms with Gasteiger partial charge in [-0.2, -0.15) is 0 Å². The highest BCUT2D eigenvalue weighted by atomic mass is 16.5. The third kappa shape index (κ3) is 2.77. The highest BCUT2D eigenvalue weighted by Gasteiger charge is 2.31. The third-order valence-corrected chi connectivity index (χ3v) is 4.39. The number of rotatable bonds is 3. The molecule has 0 radical (unpaired) electrons. The molecule has 0 saturated heterocycles. The van der Waals surface area contributed by atoms with Gasteiger partial charge in [0, 0.05) is 13.5 Å². The van der Waals surface area contributed by atoms with Crippen molar-refractivity contribution >= 4 is 5.91 Å². The van der Waals surface area contributed by atoms with Crippen LogP contribution in [0.15, 0.2) is 42.5 Å². The Bertz CT molecular complexity index is 712. The number of carbonyl (C=O) groups excluding carboxylic acids is 1. The monoisotopic (exact) mass is 311 g/mol. The lowest BCUT2D eigenvalue weighted by Gasteiger charge is -2.37. The number of carbonyl (C=O) groups is 1. The minimum atomic E-state index is -0.0859. The molecule has 1 aliphatic heterocycles. The zero-order valence-electron chi connectivity index (χ0n) is 13.7. The van der Waals surface area contributed by atoms with Gasteiger partial charge < -0.3 is 14.4 Å². The van der Waals surface area contributed by atoms with E-state index in [9.17, 15) is 4.79 Å². The Balaban J connectivity index is 2.17. The predicted molar refractivity (Wildman–Crippen MR) is 88.9 cm³/mol. The average molecular weight is 311 g/mol. The smallest absolute Gasteiger partial charge is 0.220 e. The van der Waals surface area contributed by atoms with Gasteiger partial charge in [-0.05, 0) is 35.2 Å². The molecule has 2 aromatic carbocycles. The first kappa shape index (κ1) is 15.4. The lowest BCUT2D eigenvalue weighted by atomic mass is 9.87. The Morgan fingerprint density at radius 2 is 1.74 bits per heavy atom. The number of ether oxygens (including phenoxy) is 2. The van der Waals surface area contributed by atoms with E-state index in [0.29, 0.717) is 12.3 Å². The van der Waals surface area contributed by atoms with Crippen LogP contribution in [0.3, 0.4) is 0 Å². The van der Waals surface area contributed by atoms with E-state index in [1.807, 2.05) is 35.2 Å². The summed E-state index contributed by atoms with van der Waals surface area (Å²) in [5.41, 5.74) is 3.42. The van der Waals surface area contributed by atoms with Crippen molar-refractivity contribution in [3.8, 4) is 11.5 Å². The fourth-order valence-corrected chi connectivity index (χ4v) is 3.28. The second kappa shape index (κ2) is 6.32. The molecule has 2 aromatic rings. The molecular weight excluding hydrogens is 290 g/mol. The summed E-state index contributed by atoms with van der Waals surface area (Å²) in [6.45, 7) is 2.33. The van der Waals surface area contributed by atoms with Crippen molar-refractivity contribution in [1.29, 1.82) is 0 Å². The molecule has 0 aliphatic carbocycles. The van der Waals surface area contributed by atoms with Gasteiger partial charge in [0.1, 0.15) is 0 Å². The number of hydrogen-bond acceptors (Lipinski definition) is 3. The predicted octanol–water partition coefficient (Wildman–Crippen LogP) is 3.20. The first-order valence-corrected chi connectivity index (χ1v) is 7.72. The van der Waals surface area contributed by atoms with Crippen molar-refractivity contribution in [2.24, 2.45) is 0 Å². The second-order valence-corrected chi connectivity index (χ2v) is 5.68. The topological polar surface area (TPSA) is 38.8 Å². The Hall–Kier alpha value is -2.49. The molecule has 0 fully saturated rings. The Labute approximate surface area is 136 Å². The van der Waals surface area contributed by atoms with Crippen LogP contribution in [0.25, 0.3) is 0 Å². The van der Waals surface area contributed by atoms with Crippen LogP contribution in [0.2, 0.25) is 0 Å². The van der Waals surface area contributed by atoms with Crippen LogP contribution >= 0.6 is 0 Å². The summed E-state index contributed by atoms with van der Waals surface area (Å²) < 4.78 is 10.9. The van der Waals surface area contributed by atoms with Gasteiger partial charge in [0.05, 0.1) is 20.3 Å². The van der Waals surface area contributed by atoms with Gasteiger partial charge in [-0.15, -0.1) is 0 Å². The standard InChI is InChI=1S/C19H21NO3/c1-13(21)20-10-9-15-11-17(22-2)18(23-3)12-16(15)19(20)14-7-5-4-6-8-14/h4-8,11-12,19H,9-10H2,1-3H3. The Kier molecular flexibility index (Phi) is 4.24. The number of hydrogen-bond donors (Lipinski definition) is 0. The molecule has 3 rings (SSSR count). The molecular formula is C19H21NO3. The number of methoxy groups -OCH3 is 2. The van der Waals surface area contributed by atoms with E-state index in [1.54, 1.807) is 21.1 Å². The van der Waals surface area contributed by atoms with Crippen molar-refractivity contribution in [2.45, 2.75) is 19.4 Å². The maximum absolute atomic E-state index is 12.1. The van der Waals surface area contributed by atoms with Crippen molar-refractivity contribution < 1.29 is 14.3 Å². The highest BCUT2D eigenvalue weighted by Crippen LogP contribution is 2.40. The molecule has 0 spiro atoms. The average Bonchev–Trinajstić information content (AvgIpc) is 2.59. The molecule has 120 valence electrons. The van der Waals surface area contributed by atoms with Gasteiger partial charge >= 0.3 is 0 Å². The molecule has 23 heavy (non-hydrogen) atoms. The third-order valence-electron chi connectivity index (χ3n) is 4.39. The number of fused-ring (bicyclic) bond motifs is 1. The highest BCUT2D eigenvalue weighted by molar-refractivity contribution is 5.75. The number of amides is 1. The lowest BCUT2D eigenvalue weighted by molar-refractivity contribution is -0.130. The minimum absolute atomic E-state index is 0.0827. The lowest BCUT2D eigenvalue weighted by Crippen LogP contribution is -2.39. The Morgan fingerprint density at radius 1 is 1.09 bits per heavy atom. The maximum Gasteiger partial charge on any atom is 0.220 e. The summed E-state index contributed by atoms with van der Waals surface area (Å²) in [6, 6.07) is 14.1. The minimum Gasteiger partial charge on any atom is -0.493 e. The fourth-order valence-electron chi connectivity index (χ4n) is 3.28. The van der Waals surface area contributed by atoms with Crippen molar-refractivity contribution in [3.05, 3.63) is 59.2 Å². The van der Waals surface area contributed by atoms with Crippen LogP contribution in [0.5, 0.6) is 11.5 Å². The first-order chi connectivity index (χ1) is 11.2. The van der Waals surface area contributed by atoms with Gasteiger partial charge in [0.15, 0.2) is 11.5 Å². The molecule has 0 saturated carbocycles. The maximum atomic E-state index is 12.1. The van der Waals surface area contributed by atoms with Gasteiger partial charge in [-0.25, -0.2) is 0 Å². The van der Waals surface area contributed by atoms with Crippen LogP contribution in [0.1, 0.15) is 29.7 Å². The summed E-state index contributed by atoms with van der Waals surface area (Å²) in [7, 11) is 3.27. The van der Waals surface area contributed by atoms with E-state index in [4.69, 9.17) is 9.47 Å². The zero-order valence-corrected chi connectivity index (χ0v) is 13.7. The summed E-state index contributed by atoms with van der Waals surface area (Å²) in [6.07, 6.45) is 0.818. The molecule has 0 aromatic heterocycles. The molecule has 4 heteroatoms. The Morgan fingerprint density at radius 3 is 2.35 bits per heavy atom. The van der Waals surface area contributed by atoms with Crippen LogP contribution in [0, 0.1) is 0 Å². The zero-order chi connectivity index (χ0) is 16.4. The first-order valence-electron chi connectivity index (χ1n) is 7.72. The van der Waals surface area contributed by atoms with E-state index in [0.717, 1.165) is 23.3 Å². The molecule has 1 atom stereocenters. The van der Waals surface area contributed by atoms with Gasteiger partial charge in [-0.1, -0.05) is 30.3 Å². The van der Waals surface area contributed by atoms with E-state index in [2.05, 4.69) is 12.1 Å². The molecule has 0 N–H and O–H groups in total. The van der Waals surface area contributed by atoms with Gasteiger partial charge in [0.25, 0.3) is 0 Å². The summed E-state index contributed by atoms with van der Waals surface area (Å²) in [4.78, 5) is 14.1. The summed E-state index contributed by atoms with van der Waals surface area (Å²) in [5, 5.41) is 0. The second-order valence-electron chi connectivity index (χ2n) is 5.68. The molecule has 0 bridgehead atoms. The van der Waals surface area contributed by atoms with Gasteiger partial charge in [0.2, 0.25) is 5.91 Å². The quantitative estimate of drug-likeness (QED) is 0.874. The van der Waals surface area contributed by atoms with Crippen LogP contribution in [0.4, 0.5) is 0 Å². The molecule has 4 nitrogen and oxygen atoms in total. The SMILES string of the molecule is COc1cc2c(cc1OC)C(c1ccccc1)N(C(C)=O)CC2. The normalized spacial score (nSPS) is 16.7. The van der Waals surface area contributed by atoms with Crippen LogP contribution in [-0.4, -0.2) is 31.6 Å². The molecule has 1 heterocycles. The molecule has 1 aliphatic rings. The summed E-state index contributed by atoms with van der Waals surface area (Å²) >= 11 is 0. The number of benzene rings is 2. The van der Waals surface area contributed by atoms with Crippen molar-refractivity contribution in [1.82, 2.24) is 4.90 Å². The van der Waals surface area contributed by atoms with Crippen molar-refractivity contribution in [3.63, 3.8) is 0 Å². The van der Waals surface area contributed by atoms with Crippen molar-refractivity contribution in [2.75, 3.05) is 20.8 Å². The van der Waals surface area contributed by atoms with E-state index in [1.165, 1.54) is 5.56 Å². The van der Waals surface area contributed by atoms with E-state index in [-0.39, 0.29) is 11.9 Å². The van der Waals surface area contributed by atoms with Gasteiger partial charge in [-0.3, -0.25) is 4.79 Å². The molecule has 1 unspecified atom stereocenters. The van der Waals surface area contributed by atoms with Crippen LogP contribution < -0.4 is 9.47 Å². The largest absolute Gasteiger partial charge is 0.493 e. The van der Waals surface area contributed by atoms with Crippen LogP contribution in [-0.2, 0) is 11.2 Å². The fraction of sp³-hybridized carbons (Fsp3) is 0.316. The summed E-state index contributed by atoms with van der Waals surface area (Å²) in [5.74, 6) is 1.51.